The number of ether oxygens (including phenoxy) is 1. The van der Waals surface area contributed by atoms with Crippen LogP contribution < -0.4 is 0 Å². The van der Waals surface area contributed by atoms with Crippen molar-refractivity contribution in [3.05, 3.63) is 35.9 Å². The molecule has 1 N–H and O–H groups in total. The highest BCUT2D eigenvalue weighted by Gasteiger charge is 2.33. The lowest BCUT2D eigenvalue weighted by atomic mass is 9.87. The molecule has 2 heterocycles. The smallest absolute Gasteiger partial charge is 0.253 e. The average Bonchev–Trinajstić information content (AvgIpc) is 2.61. The predicted molar refractivity (Wildman–Crippen MR) is 87.9 cm³/mol. The van der Waals surface area contributed by atoms with Crippen molar-refractivity contribution in [2.75, 3.05) is 39.8 Å². The molecular weight excluding hydrogens is 292 g/mol. The van der Waals surface area contributed by atoms with Gasteiger partial charge in [0.2, 0.25) is 0 Å². The fourth-order valence-corrected chi connectivity index (χ4v) is 3.49. The maximum atomic E-state index is 12.6. The van der Waals surface area contributed by atoms with Crippen LogP contribution in [0.15, 0.2) is 30.3 Å². The van der Waals surface area contributed by atoms with Crippen molar-refractivity contribution in [1.29, 1.82) is 0 Å². The number of carbonyl (C=O) groups excluding carboxylic acids is 1. The third-order valence-corrected chi connectivity index (χ3v) is 4.98. The molecule has 2 saturated heterocycles. The van der Waals surface area contributed by atoms with Gasteiger partial charge in [0.15, 0.2) is 0 Å². The molecule has 2 aliphatic heterocycles. The number of morpholine rings is 1. The Kier molecular flexibility index (Phi) is 5.30. The number of hydrogen-bond acceptors (Lipinski definition) is 4. The minimum Gasteiger partial charge on any atom is -0.388 e. The Labute approximate surface area is 137 Å². The predicted octanol–water partition coefficient (Wildman–Crippen LogP) is 1.29. The normalized spacial score (nSPS) is 25.3. The van der Waals surface area contributed by atoms with Gasteiger partial charge in [-0.1, -0.05) is 30.3 Å². The van der Waals surface area contributed by atoms with Crippen molar-refractivity contribution >= 4 is 5.91 Å². The van der Waals surface area contributed by atoms with Crippen LogP contribution in [-0.2, 0) is 9.53 Å². The molecule has 0 radical (unpaired) electrons. The van der Waals surface area contributed by atoms with Crippen LogP contribution >= 0.6 is 0 Å². The SMILES string of the molecule is CN1CCOC(C(=O)N2CCC(C(O)c3ccccc3)CC2)C1. The molecule has 2 atom stereocenters. The van der Waals surface area contributed by atoms with Gasteiger partial charge in [-0.2, -0.15) is 0 Å². The molecular formula is C18H26N2O3. The number of piperidine rings is 1. The van der Waals surface area contributed by atoms with E-state index in [0.717, 1.165) is 24.9 Å². The third kappa shape index (κ3) is 3.91. The topological polar surface area (TPSA) is 53.0 Å². The highest BCUT2D eigenvalue weighted by Crippen LogP contribution is 2.30. The van der Waals surface area contributed by atoms with Crippen LogP contribution in [0.4, 0.5) is 0 Å². The number of hydrogen-bond donors (Lipinski definition) is 1. The van der Waals surface area contributed by atoms with Crippen molar-refractivity contribution < 1.29 is 14.6 Å². The quantitative estimate of drug-likeness (QED) is 0.912. The molecule has 5 nitrogen and oxygen atoms in total. The summed E-state index contributed by atoms with van der Waals surface area (Å²) in [4.78, 5) is 16.6. The number of amides is 1. The second-order valence-corrected chi connectivity index (χ2v) is 6.64. The molecule has 2 fully saturated rings. The number of nitrogens with zero attached hydrogens (tertiary/aromatic N) is 2. The molecule has 3 rings (SSSR count). The van der Waals surface area contributed by atoms with Gasteiger partial charge in [0, 0.05) is 26.2 Å². The van der Waals surface area contributed by atoms with E-state index in [1.165, 1.54) is 0 Å². The van der Waals surface area contributed by atoms with Crippen LogP contribution in [0, 0.1) is 5.92 Å². The van der Waals surface area contributed by atoms with E-state index in [1.807, 2.05) is 42.3 Å². The third-order valence-electron chi connectivity index (χ3n) is 4.98. The lowest BCUT2D eigenvalue weighted by molar-refractivity contribution is -0.150. The highest BCUT2D eigenvalue weighted by atomic mass is 16.5. The van der Waals surface area contributed by atoms with Crippen LogP contribution in [0.3, 0.4) is 0 Å². The van der Waals surface area contributed by atoms with Gasteiger partial charge in [0.05, 0.1) is 12.7 Å². The Hall–Kier alpha value is -1.43. The summed E-state index contributed by atoms with van der Waals surface area (Å²) in [6.45, 7) is 3.59. The molecule has 0 saturated carbocycles. The largest absolute Gasteiger partial charge is 0.388 e. The van der Waals surface area contributed by atoms with Gasteiger partial charge in [-0.3, -0.25) is 4.79 Å². The standard InChI is InChI=1S/C18H26N2O3/c1-19-11-12-23-16(13-19)18(22)20-9-7-15(8-10-20)17(21)14-5-3-2-4-6-14/h2-6,15-17,21H,7-13H2,1H3. The molecule has 126 valence electrons. The van der Waals surface area contributed by atoms with E-state index in [0.29, 0.717) is 26.2 Å². The Morgan fingerprint density at radius 2 is 1.91 bits per heavy atom. The molecule has 1 aromatic rings. The Morgan fingerprint density at radius 1 is 1.22 bits per heavy atom. The number of aliphatic hydroxyl groups excluding tert-OH is 1. The van der Waals surface area contributed by atoms with Crippen molar-refractivity contribution in [2.45, 2.75) is 25.0 Å². The fourth-order valence-electron chi connectivity index (χ4n) is 3.49. The molecule has 2 aliphatic rings. The summed E-state index contributed by atoms with van der Waals surface area (Å²) in [6, 6.07) is 9.79. The summed E-state index contributed by atoms with van der Waals surface area (Å²) in [5.74, 6) is 0.320. The van der Waals surface area contributed by atoms with Crippen LogP contribution in [0.1, 0.15) is 24.5 Å². The van der Waals surface area contributed by atoms with Crippen LogP contribution in [0.2, 0.25) is 0 Å². The number of aliphatic hydroxyl groups is 1. The first-order chi connectivity index (χ1) is 11.1. The first-order valence-electron chi connectivity index (χ1n) is 8.47. The summed E-state index contributed by atoms with van der Waals surface area (Å²) in [5.41, 5.74) is 0.967. The number of likely N-dealkylation sites (N-methyl/N-ethyl adjacent to an activating group) is 1. The Bertz CT molecular complexity index is 514. The number of rotatable bonds is 3. The zero-order chi connectivity index (χ0) is 16.2. The molecule has 1 aromatic carbocycles. The molecule has 1 amide bonds. The second kappa shape index (κ2) is 7.43. The monoisotopic (exact) mass is 318 g/mol. The summed E-state index contributed by atoms with van der Waals surface area (Å²) in [7, 11) is 2.02. The lowest BCUT2D eigenvalue weighted by Crippen LogP contribution is -2.51. The summed E-state index contributed by atoms with van der Waals surface area (Å²) >= 11 is 0. The van der Waals surface area contributed by atoms with Crippen molar-refractivity contribution in [3.8, 4) is 0 Å². The van der Waals surface area contributed by atoms with Crippen LogP contribution in [0.5, 0.6) is 0 Å². The van der Waals surface area contributed by atoms with E-state index in [4.69, 9.17) is 4.74 Å². The minimum atomic E-state index is -0.439. The molecule has 0 aliphatic carbocycles. The first kappa shape index (κ1) is 16.4. The van der Waals surface area contributed by atoms with Crippen LogP contribution in [-0.4, -0.2) is 66.8 Å². The number of likely N-dealkylation sites (tertiary alicyclic amines) is 1. The number of carbonyl (C=O) groups is 1. The zero-order valence-corrected chi connectivity index (χ0v) is 13.7. The number of benzene rings is 1. The van der Waals surface area contributed by atoms with E-state index in [1.54, 1.807) is 0 Å². The van der Waals surface area contributed by atoms with E-state index < -0.39 is 6.10 Å². The highest BCUT2D eigenvalue weighted by molar-refractivity contribution is 5.81. The van der Waals surface area contributed by atoms with E-state index in [9.17, 15) is 9.90 Å². The maximum absolute atomic E-state index is 12.6. The summed E-state index contributed by atoms with van der Waals surface area (Å²) < 4.78 is 5.62. The maximum Gasteiger partial charge on any atom is 0.253 e. The van der Waals surface area contributed by atoms with Crippen molar-refractivity contribution in [3.63, 3.8) is 0 Å². The van der Waals surface area contributed by atoms with Gasteiger partial charge in [0.25, 0.3) is 5.91 Å². The van der Waals surface area contributed by atoms with Crippen LogP contribution in [0.25, 0.3) is 0 Å². The average molecular weight is 318 g/mol. The summed E-state index contributed by atoms with van der Waals surface area (Å²) in [6.07, 6.45) is 0.907. The minimum absolute atomic E-state index is 0.101. The van der Waals surface area contributed by atoms with Crippen molar-refractivity contribution in [2.24, 2.45) is 5.92 Å². The van der Waals surface area contributed by atoms with Gasteiger partial charge in [-0.05, 0) is 31.4 Å². The first-order valence-corrected chi connectivity index (χ1v) is 8.47. The van der Waals surface area contributed by atoms with Gasteiger partial charge in [0.1, 0.15) is 6.10 Å². The zero-order valence-electron chi connectivity index (χ0n) is 13.7. The van der Waals surface area contributed by atoms with E-state index in [-0.39, 0.29) is 17.9 Å². The van der Waals surface area contributed by atoms with Gasteiger partial charge in [-0.25, -0.2) is 0 Å². The van der Waals surface area contributed by atoms with Crippen molar-refractivity contribution in [1.82, 2.24) is 9.80 Å². The second-order valence-electron chi connectivity index (χ2n) is 6.64. The molecule has 2 unspecified atom stereocenters. The molecule has 23 heavy (non-hydrogen) atoms. The molecule has 5 heteroatoms. The molecule has 0 bridgehead atoms. The fraction of sp³-hybridized carbons (Fsp3) is 0.611. The Balaban J connectivity index is 1.53. The molecule has 0 aromatic heterocycles. The van der Waals surface area contributed by atoms with Gasteiger partial charge < -0.3 is 19.6 Å². The molecule has 0 spiro atoms. The summed E-state index contributed by atoms with van der Waals surface area (Å²) in [5, 5.41) is 10.5. The van der Waals surface area contributed by atoms with Gasteiger partial charge >= 0.3 is 0 Å². The Morgan fingerprint density at radius 3 is 2.57 bits per heavy atom. The lowest BCUT2D eigenvalue weighted by Gasteiger charge is -2.38. The van der Waals surface area contributed by atoms with E-state index >= 15 is 0 Å². The van der Waals surface area contributed by atoms with E-state index in [2.05, 4.69) is 4.90 Å². The van der Waals surface area contributed by atoms with Gasteiger partial charge in [-0.15, -0.1) is 0 Å².